The summed E-state index contributed by atoms with van der Waals surface area (Å²) in [5.74, 6) is 1.72. The van der Waals surface area contributed by atoms with Crippen molar-refractivity contribution in [1.82, 2.24) is 4.90 Å². The van der Waals surface area contributed by atoms with Crippen LogP contribution in [-0.4, -0.2) is 37.0 Å². The highest BCUT2D eigenvalue weighted by Crippen LogP contribution is 2.33. The zero-order chi connectivity index (χ0) is 13.0. The zero-order valence-electron chi connectivity index (χ0n) is 10.9. The molecule has 1 aliphatic heterocycles. The summed E-state index contributed by atoms with van der Waals surface area (Å²) >= 11 is 0. The van der Waals surface area contributed by atoms with Gasteiger partial charge in [-0.2, -0.15) is 0 Å². The monoisotopic (exact) mass is 247 g/mol. The third-order valence-corrected chi connectivity index (χ3v) is 3.42. The molecule has 0 radical (unpaired) electrons. The zero-order valence-corrected chi connectivity index (χ0v) is 10.9. The molecule has 0 saturated carbocycles. The van der Waals surface area contributed by atoms with Gasteiger partial charge in [-0.05, 0) is 12.6 Å². The van der Waals surface area contributed by atoms with Crippen LogP contribution in [0.5, 0.6) is 5.75 Å². The lowest BCUT2D eigenvalue weighted by Crippen LogP contribution is -2.32. The molecule has 0 amide bonds. The minimum Gasteiger partial charge on any atom is -0.493 e. The quantitative estimate of drug-likeness (QED) is 0.595. The fourth-order valence-electron chi connectivity index (χ4n) is 2.35. The molecule has 1 aromatic rings. The van der Waals surface area contributed by atoms with Crippen molar-refractivity contribution in [3.63, 3.8) is 0 Å². The average molecular weight is 247 g/mol. The number of para-hydroxylation sites is 1. The first kappa shape index (κ1) is 12.9. The van der Waals surface area contributed by atoms with E-state index in [1.807, 2.05) is 12.1 Å². The van der Waals surface area contributed by atoms with Crippen LogP contribution in [0.1, 0.15) is 24.8 Å². The van der Waals surface area contributed by atoms with Gasteiger partial charge >= 0.3 is 0 Å². The fourth-order valence-corrected chi connectivity index (χ4v) is 2.35. The van der Waals surface area contributed by atoms with Gasteiger partial charge in [0, 0.05) is 31.0 Å². The van der Waals surface area contributed by atoms with Gasteiger partial charge in [0.05, 0.1) is 12.4 Å². The third kappa shape index (κ3) is 3.01. The minimum absolute atomic E-state index is 0.261. The van der Waals surface area contributed by atoms with E-state index in [2.05, 4.69) is 24.0 Å². The van der Waals surface area contributed by atoms with Gasteiger partial charge in [0.1, 0.15) is 5.75 Å². The predicted molar refractivity (Wildman–Crippen MR) is 73.3 cm³/mol. The van der Waals surface area contributed by atoms with E-state index in [-0.39, 0.29) is 5.84 Å². The highest BCUT2D eigenvalue weighted by molar-refractivity contribution is 5.76. The van der Waals surface area contributed by atoms with Crippen LogP contribution in [0.4, 0.5) is 0 Å². The summed E-state index contributed by atoms with van der Waals surface area (Å²) in [6.07, 6.45) is 0.642. The van der Waals surface area contributed by atoms with E-state index in [0.29, 0.717) is 12.3 Å². The molecule has 0 bridgehead atoms. The van der Waals surface area contributed by atoms with Crippen LogP contribution in [-0.2, 0) is 0 Å². The van der Waals surface area contributed by atoms with Crippen LogP contribution in [0.15, 0.2) is 24.3 Å². The third-order valence-electron chi connectivity index (χ3n) is 3.42. The van der Waals surface area contributed by atoms with Crippen LogP contribution in [0, 0.1) is 5.41 Å². The summed E-state index contributed by atoms with van der Waals surface area (Å²) < 4.78 is 5.69. The average Bonchev–Trinajstić information content (AvgIpc) is 2.77. The molecule has 0 spiro atoms. The van der Waals surface area contributed by atoms with Crippen LogP contribution >= 0.6 is 0 Å². The van der Waals surface area contributed by atoms with Crippen LogP contribution in [0.25, 0.3) is 0 Å². The molecule has 1 heterocycles. The van der Waals surface area contributed by atoms with Gasteiger partial charge in [-0.25, -0.2) is 0 Å². The first-order chi connectivity index (χ1) is 8.70. The molecule has 1 unspecified atom stereocenters. The molecule has 4 nitrogen and oxygen atoms in total. The second-order valence-electron chi connectivity index (χ2n) is 4.71. The lowest BCUT2D eigenvalue weighted by Gasteiger charge is -2.23. The van der Waals surface area contributed by atoms with Crippen molar-refractivity contribution in [1.29, 1.82) is 5.41 Å². The molecule has 4 heteroatoms. The fraction of sp³-hybridized carbons (Fsp3) is 0.500. The molecule has 0 aromatic heterocycles. The first-order valence-electron chi connectivity index (χ1n) is 6.47. The minimum atomic E-state index is 0.261. The molecule has 0 fully saturated rings. The Bertz CT molecular complexity index is 419. The number of likely N-dealkylation sites (N-methyl/N-ethyl adjacent to an activating group) is 1. The summed E-state index contributed by atoms with van der Waals surface area (Å²) in [4.78, 5) is 2.33. The first-order valence-corrected chi connectivity index (χ1v) is 6.47. The van der Waals surface area contributed by atoms with Crippen LogP contribution < -0.4 is 10.5 Å². The van der Waals surface area contributed by atoms with Gasteiger partial charge in [0.15, 0.2) is 0 Å². The van der Waals surface area contributed by atoms with E-state index in [0.717, 1.165) is 32.0 Å². The Morgan fingerprint density at radius 3 is 3.00 bits per heavy atom. The molecule has 2 rings (SSSR count). The van der Waals surface area contributed by atoms with Gasteiger partial charge in [-0.1, -0.05) is 25.1 Å². The summed E-state index contributed by atoms with van der Waals surface area (Å²) in [6, 6.07) is 8.24. The van der Waals surface area contributed by atoms with Crippen molar-refractivity contribution < 1.29 is 4.74 Å². The molecule has 98 valence electrons. The SMILES string of the molecule is CCN(CCC(=N)N)CC1COc2ccccc21. The predicted octanol–water partition coefficient (Wildman–Crippen LogP) is 1.81. The van der Waals surface area contributed by atoms with Gasteiger partial charge < -0.3 is 15.4 Å². The number of nitrogens with one attached hydrogen (secondary N) is 1. The Morgan fingerprint density at radius 1 is 1.50 bits per heavy atom. The molecular weight excluding hydrogens is 226 g/mol. The standard InChI is InChI=1S/C14H21N3O/c1-2-17(8-7-14(15)16)9-11-10-18-13-6-4-3-5-12(11)13/h3-6,11H,2,7-10H2,1H3,(H3,15,16). The van der Waals surface area contributed by atoms with Gasteiger partial charge in [0.2, 0.25) is 0 Å². The van der Waals surface area contributed by atoms with E-state index < -0.39 is 0 Å². The van der Waals surface area contributed by atoms with Crippen LogP contribution in [0.2, 0.25) is 0 Å². The van der Waals surface area contributed by atoms with Crippen molar-refractivity contribution in [3.05, 3.63) is 29.8 Å². The maximum Gasteiger partial charge on any atom is 0.122 e. The Hall–Kier alpha value is -1.55. The number of fused-ring (bicyclic) bond motifs is 1. The highest BCUT2D eigenvalue weighted by Gasteiger charge is 2.25. The van der Waals surface area contributed by atoms with E-state index in [1.54, 1.807) is 0 Å². The molecule has 3 N–H and O–H groups in total. The largest absolute Gasteiger partial charge is 0.493 e. The summed E-state index contributed by atoms with van der Waals surface area (Å²) in [5, 5.41) is 7.29. The second-order valence-corrected chi connectivity index (χ2v) is 4.71. The van der Waals surface area contributed by atoms with E-state index in [9.17, 15) is 0 Å². The number of ether oxygens (including phenoxy) is 1. The molecule has 1 aromatic carbocycles. The smallest absolute Gasteiger partial charge is 0.122 e. The molecular formula is C14H21N3O. The molecule has 0 aliphatic carbocycles. The van der Waals surface area contributed by atoms with Crippen molar-refractivity contribution in [2.45, 2.75) is 19.3 Å². The van der Waals surface area contributed by atoms with Crippen LogP contribution in [0.3, 0.4) is 0 Å². The number of amidine groups is 1. The topological polar surface area (TPSA) is 62.3 Å². The van der Waals surface area contributed by atoms with Crippen molar-refractivity contribution in [3.8, 4) is 5.75 Å². The van der Waals surface area contributed by atoms with Gasteiger partial charge in [0.25, 0.3) is 0 Å². The number of benzene rings is 1. The Balaban J connectivity index is 1.95. The van der Waals surface area contributed by atoms with Crippen molar-refractivity contribution in [2.24, 2.45) is 5.73 Å². The van der Waals surface area contributed by atoms with Gasteiger partial charge in [-0.3, -0.25) is 5.41 Å². The summed E-state index contributed by atoms with van der Waals surface area (Å²) in [7, 11) is 0. The number of nitrogens with two attached hydrogens (primary N) is 1. The maximum atomic E-state index is 7.29. The molecule has 0 saturated heterocycles. The molecule has 1 aliphatic rings. The summed E-state index contributed by atoms with van der Waals surface area (Å²) in [5.41, 5.74) is 6.72. The molecule has 1 atom stereocenters. The van der Waals surface area contributed by atoms with E-state index >= 15 is 0 Å². The van der Waals surface area contributed by atoms with Crippen molar-refractivity contribution in [2.75, 3.05) is 26.2 Å². The summed E-state index contributed by atoms with van der Waals surface area (Å²) in [6.45, 7) is 5.70. The highest BCUT2D eigenvalue weighted by atomic mass is 16.5. The maximum absolute atomic E-state index is 7.29. The normalized spacial score (nSPS) is 17.6. The number of hydrogen-bond acceptors (Lipinski definition) is 3. The Morgan fingerprint density at radius 2 is 2.28 bits per heavy atom. The Kier molecular flexibility index (Phi) is 4.20. The number of nitrogens with zero attached hydrogens (tertiary/aromatic N) is 1. The Labute approximate surface area is 108 Å². The molecule has 18 heavy (non-hydrogen) atoms. The second kappa shape index (κ2) is 5.87. The number of hydrogen-bond donors (Lipinski definition) is 2. The lowest BCUT2D eigenvalue weighted by molar-refractivity contribution is 0.246. The van der Waals surface area contributed by atoms with Crippen molar-refractivity contribution >= 4 is 5.84 Å². The number of rotatable bonds is 6. The van der Waals surface area contributed by atoms with Gasteiger partial charge in [-0.15, -0.1) is 0 Å². The van der Waals surface area contributed by atoms with E-state index in [4.69, 9.17) is 15.9 Å². The lowest BCUT2D eigenvalue weighted by atomic mass is 10.0. The van der Waals surface area contributed by atoms with E-state index in [1.165, 1.54) is 5.56 Å².